The van der Waals surface area contributed by atoms with E-state index in [2.05, 4.69) is 69.5 Å². The number of rotatable bonds is 5. The van der Waals surface area contributed by atoms with Gasteiger partial charge in [-0.15, -0.1) is 11.3 Å². The minimum Gasteiger partial charge on any atom is -0.335 e. The highest BCUT2D eigenvalue weighted by molar-refractivity contribution is 7.17. The Labute approximate surface area is 225 Å². The van der Waals surface area contributed by atoms with Crippen LogP contribution in [0.25, 0.3) is 38.0 Å². The van der Waals surface area contributed by atoms with Gasteiger partial charge in [-0.3, -0.25) is 9.48 Å². The maximum atomic E-state index is 11.9. The van der Waals surface area contributed by atoms with Crippen LogP contribution in [0.15, 0.2) is 60.9 Å². The summed E-state index contributed by atoms with van der Waals surface area (Å²) in [5, 5.41) is 13.4. The van der Waals surface area contributed by atoms with Crippen LogP contribution in [0.4, 0.5) is 0 Å². The third kappa shape index (κ3) is 3.86. The van der Waals surface area contributed by atoms with Crippen LogP contribution in [-0.4, -0.2) is 62.8 Å². The Morgan fingerprint density at radius 3 is 2.87 bits per heavy atom. The maximum absolute atomic E-state index is 11.9. The maximum Gasteiger partial charge on any atom is 0.246 e. The molecular weight excluding hydrogens is 494 g/mol. The van der Waals surface area contributed by atoms with Crippen LogP contribution in [0.3, 0.4) is 0 Å². The Bertz CT molecular complexity index is 1610. The number of aryl methyl sites for hydroxylation is 1. The van der Waals surface area contributed by atoms with E-state index in [1.807, 2.05) is 22.8 Å². The number of hydrazine groups is 1. The van der Waals surface area contributed by atoms with Gasteiger partial charge in [0.15, 0.2) is 0 Å². The van der Waals surface area contributed by atoms with E-state index in [-0.39, 0.29) is 11.9 Å². The van der Waals surface area contributed by atoms with Crippen molar-refractivity contribution >= 4 is 32.9 Å². The van der Waals surface area contributed by atoms with E-state index >= 15 is 0 Å². The Balaban J connectivity index is 1.34. The van der Waals surface area contributed by atoms with Gasteiger partial charge in [-0.1, -0.05) is 18.7 Å². The van der Waals surface area contributed by atoms with Crippen molar-refractivity contribution < 1.29 is 4.79 Å². The average Bonchev–Trinajstić information content (AvgIpc) is 3.68. The summed E-state index contributed by atoms with van der Waals surface area (Å²) in [6, 6.07) is 9.22. The van der Waals surface area contributed by atoms with Gasteiger partial charge in [-0.2, -0.15) is 5.10 Å². The molecule has 9 heteroatoms. The molecule has 1 amide bonds. The standard InChI is InChI=1S/C29H29N7OS/c1-3-25(37)35-16-23(17-35)36-15-22(13-32-36)28-26(21-12-31-34(2)14-21)29-24(7-9-38-29)27(33-28)19-4-5-20-11-30-8-6-18(20)10-19/h3-5,7,9-10,12,14-15,23,30,32H,1,6,8,11,13,16-17H2,2H3. The van der Waals surface area contributed by atoms with Crippen molar-refractivity contribution in [3.8, 4) is 22.4 Å². The number of hydrogen-bond donors (Lipinski definition) is 2. The van der Waals surface area contributed by atoms with E-state index in [1.54, 1.807) is 11.3 Å². The normalized spacial score (nSPS) is 17.4. The number of amides is 1. The second kappa shape index (κ2) is 9.20. The van der Waals surface area contributed by atoms with Crippen molar-refractivity contribution in [1.29, 1.82) is 0 Å². The number of fused-ring (bicyclic) bond motifs is 2. The molecule has 2 N–H and O–H groups in total. The monoisotopic (exact) mass is 523 g/mol. The molecule has 4 aromatic rings. The highest BCUT2D eigenvalue weighted by Gasteiger charge is 2.35. The van der Waals surface area contributed by atoms with Crippen LogP contribution in [-0.2, 0) is 24.8 Å². The van der Waals surface area contributed by atoms with E-state index in [9.17, 15) is 4.79 Å². The number of nitrogens with one attached hydrogen (secondary N) is 2. The SMILES string of the molecule is C=CC(=O)N1CC(N2C=C(c3nc(-c4ccc5c(c4)CCNC5)c4ccsc4c3-c3cnn(C)c3)CN2)C1. The van der Waals surface area contributed by atoms with Crippen molar-refractivity contribution in [2.24, 2.45) is 7.05 Å². The number of benzene rings is 1. The van der Waals surface area contributed by atoms with Crippen LogP contribution in [0.2, 0.25) is 0 Å². The highest BCUT2D eigenvalue weighted by Crippen LogP contribution is 2.42. The molecule has 6 heterocycles. The smallest absolute Gasteiger partial charge is 0.246 e. The molecule has 3 aliphatic heterocycles. The lowest BCUT2D eigenvalue weighted by atomic mass is 9.94. The third-order valence-electron chi connectivity index (χ3n) is 7.76. The summed E-state index contributed by atoms with van der Waals surface area (Å²) in [6.07, 6.45) is 8.58. The van der Waals surface area contributed by atoms with Gasteiger partial charge >= 0.3 is 0 Å². The van der Waals surface area contributed by atoms with Crippen LogP contribution < -0.4 is 10.7 Å². The molecule has 0 bridgehead atoms. The molecular formula is C29H29N7OS. The number of carbonyl (C=O) groups excluding carboxylic acids is 1. The van der Waals surface area contributed by atoms with Crippen molar-refractivity contribution in [2.75, 3.05) is 26.2 Å². The number of pyridine rings is 1. The zero-order chi connectivity index (χ0) is 25.8. The van der Waals surface area contributed by atoms with Gasteiger partial charge < -0.3 is 15.2 Å². The number of carbonyl (C=O) groups is 1. The number of thiophene rings is 1. The molecule has 8 nitrogen and oxygen atoms in total. The van der Waals surface area contributed by atoms with Crippen molar-refractivity contribution in [3.63, 3.8) is 0 Å². The second-order valence-electron chi connectivity index (χ2n) is 10.2. The number of likely N-dealkylation sites (tertiary alicyclic amines) is 1. The fraction of sp³-hybridized carbons (Fsp3) is 0.276. The van der Waals surface area contributed by atoms with Gasteiger partial charge in [0, 0.05) is 78.0 Å². The fourth-order valence-electron chi connectivity index (χ4n) is 5.68. The highest BCUT2D eigenvalue weighted by atomic mass is 32.1. The average molecular weight is 524 g/mol. The molecule has 0 atom stereocenters. The van der Waals surface area contributed by atoms with E-state index in [4.69, 9.17) is 4.98 Å². The molecule has 0 unspecified atom stereocenters. The first-order chi connectivity index (χ1) is 18.6. The quantitative estimate of drug-likeness (QED) is 0.390. The summed E-state index contributed by atoms with van der Waals surface area (Å²) < 4.78 is 3.07. The molecule has 0 radical (unpaired) electrons. The summed E-state index contributed by atoms with van der Waals surface area (Å²) in [5.41, 5.74) is 12.8. The second-order valence-corrected chi connectivity index (χ2v) is 11.1. The molecule has 1 fully saturated rings. The van der Waals surface area contributed by atoms with Gasteiger partial charge in [-0.25, -0.2) is 10.4 Å². The van der Waals surface area contributed by atoms with Gasteiger partial charge in [-0.05, 0) is 47.7 Å². The van der Waals surface area contributed by atoms with Crippen LogP contribution in [0.1, 0.15) is 16.8 Å². The molecule has 192 valence electrons. The van der Waals surface area contributed by atoms with E-state index < -0.39 is 0 Å². The molecule has 1 aromatic carbocycles. The summed E-state index contributed by atoms with van der Waals surface area (Å²) in [6.45, 7) is 7.59. The minimum atomic E-state index is -0.0150. The van der Waals surface area contributed by atoms with Crippen LogP contribution >= 0.6 is 11.3 Å². The van der Waals surface area contributed by atoms with E-state index in [1.165, 1.54) is 27.3 Å². The van der Waals surface area contributed by atoms with E-state index in [0.29, 0.717) is 19.6 Å². The number of nitrogens with zero attached hydrogens (tertiary/aromatic N) is 5. The summed E-state index contributed by atoms with van der Waals surface area (Å²) >= 11 is 1.76. The first-order valence-corrected chi connectivity index (χ1v) is 13.8. The predicted octanol–water partition coefficient (Wildman–Crippen LogP) is 3.57. The van der Waals surface area contributed by atoms with Gasteiger partial charge in [0.2, 0.25) is 5.91 Å². The topological polar surface area (TPSA) is 78.3 Å². The Morgan fingerprint density at radius 1 is 1.16 bits per heavy atom. The Hall–Kier alpha value is -3.79. The van der Waals surface area contributed by atoms with Crippen LogP contribution in [0, 0.1) is 0 Å². The van der Waals surface area contributed by atoms with Gasteiger partial charge in [0.25, 0.3) is 0 Å². The first kappa shape index (κ1) is 23.3. The summed E-state index contributed by atoms with van der Waals surface area (Å²) in [5.74, 6) is -0.0150. The zero-order valence-electron chi connectivity index (χ0n) is 21.3. The lowest BCUT2D eigenvalue weighted by Crippen LogP contribution is -2.61. The van der Waals surface area contributed by atoms with Gasteiger partial charge in [0.1, 0.15) is 0 Å². The molecule has 0 saturated carbocycles. The number of aromatic nitrogens is 3. The summed E-state index contributed by atoms with van der Waals surface area (Å²) in [4.78, 5) is 19.1. The molecule has 0 spiro atoms. The summed E-state index contributed by atoms with van der Waals surface area (Å²) in [7, 11) is 1.95. The minimum absolute atomic E-state index is 0.0150. The fourth-order valence-corrected chi connectivity index (χ4v) is 6.64. The van der Waals surface area contributed by atoms with Crippen molar-refractivity contribution in [1.82, 2.24) is 35.4 Å². The lowest BCUT2D eigenvalue weighted by molar-refractivity contribution is -0.133. The molecule has 0 aliphatic carbocycles. The predicted molar refractivity (Wildman–Crippen MR) is 151 cm³/mol. The van der Waals surface area contributed by atoms with E-state index in [0.717, 1.165) is 53.2 Å². The van der Waals surface area contributed by atoms with Gasteiger partial charge in [0.05, 0.1) is 23.6 Å². The third-order valence-corrected chi connectivity index (χ3v) is 8.69. The molecule has 3 aliphatic rings. The lowest BCUT2D eigenvalue weighted by Gasteiger charge is -2.43. The Kier molecular flexibility index (Phi) is 5.65. The molecule has 38 heavy (non-hydrogen) atoms. The van der Waals surface area contributed by atoms with Crippen molar-refractivity contribution in [3.05, 3.63) is 77.7 Å². The van der Waals surface area contributed by atoms with Crippen molar-refractivity contribution in [2.45, 2.75) is 19.0 Å². The molecule has 7 rings (SSSR count). The first-order valence-electron chi connectivity index (χ1n) is 13.0. The molecule has 3 aromatic heterocycles. The zero-order valence-corrected chi connectivity index (χ0v) is 22.1. The number of hydrogen-bond acceptors (Lipinski definition) is 7. The largest absolute Gasteiger partial charge is 0.335 e. The Morgan fingerprint density at radius 2 is 2.05 bits per heavy atom. The van der Waals surface area contributed by atoms with Crippen LogP contribution in [0.5, 0.6) is 0 Å². The molecule has 1 saturated heterocycles.